The first-order valence-corrected chi connectivity index (χ1v) is 12.1. The highest BCUT2D eigenvalue weighted by Crippen LogP contribution is 2.65. The van der Waals surface area contributed by atoms with Gasteiger partial charge in [0.25, 0.3) is 0 Å². The molecule has 4 rings (SSSR count). The number of nitrogens with two attached hydrogens (primary N) is 1. The molecule has 4 nitrogen and oxygen atoms in total. The number of allylic oxidation sites excluding steroid dienone is 4. The summed E-state index contributed by atoms with van der Waals surface area (Å²) < 4.78 is 0. The van der Waals surface area contributed by atoms with Gasteiger partial charge in [-0.2, -0.15) is 0 Å². The smallest absolute Gasteiger partial charge is 0.226 e. The van der Waals surface area contributed by atoms with Crippen LogP contribution in [0.2, 0.25) is 0 Å². The van der Waals surface area contributed by atoms with Gasteiger partial charge in [0.15, 0.2) is 5.78 Å². The van der Waals surface area contributed by atoms with Crippen molar-refractivity contribution >= 4 is 11.7 Å². The maximum absolute atomic E-state index is 13.7. The zero-order valence-corrected chi connectivity index (χ0v) is 19.7. The molecule has 2 fully saturated rings. The molecule has 0 radical (unpaired) electrons. The quantitative estimate of drug-likeness (QED) is 0.721. The third-order valence-corrected chi connectivity index (χ3v) is 9.38. The van der Waals surface area contributed by atoms with Crippen LogP contribution in [0.5, 0.6) is 0 Å². The zero-order chi connectivity index (χ0) is 22.0. The molecule has 0 saturated heterocycles. The van der Waals surface area contributed by atoms with Crippen LogP contribution >= 0.6 is 0 Å². The van der Waals surface area contributed by atoms with Gasteiger partial charge >= 0.3 is 0 Å². The molecule has 166 valence electrons. The number of carbonyl (C=O) groups is 2. The lowest BCUT2D eigenvalue weighted by Crippen LogP contribution is -2.53. The third-order valence-electron chi connectivity index (χ3n) is 9.38. The minimum atomic E-state index is 0.00271. The number of hydrogen-bond donors (Lipinski definition) is 1. The second-order valence-electron chi connectivity index (χ2n) is 11.4. The van der Waals surface area contributed by atoms with Crippen molar-refractivity contribution in [2.75, 3.05) is 0 Å². The van der Waals surface area contributed by atoms with Gasteiger partial charge in [0.1, 0.15) is 0 Å². The van der Waals surface area contributed by atoms with E-state index in [0.717, 1.165) is 37.7 Å². The molecule has 3 unspecified atom stereocenters. The Morgan fingerprint density at radius 1 is 1.07 bits per heavy atom. The Kier molecular flexibility index (Phi) is 5.22. The molecule has 0 heterocycles. The highest BCUT2D eigenvalue weighted by atomic mass is 16.2. The monoisotopic (exact) mass is 412 g/mol. The van der Waals surface area contributed by atoms with Gasteiger partial charge in [0.05, 0.1) is 5.70 Å². The maximum Gasteiger partial charge on any atom is 0.226 e. The van der Waals surface area contributed by atoms with Crippen molar-refractivity contribution in [2.24, 2.45) is 40.2 Å². The van der Waals surface area contributed by atoms with E-state index >= 15 is 0 Å². The minimum absolute atomic E-state index is 0.00271. The predicted molar refractivity (Wildman–Crippen MR) is 120 cm³/mol. The van der Waals surface area contributed by atoms with E-state index in [2.05, 4.69) is 58.6 Å². The summed E-state index contributed by atoms with van der Waals surface area (Å²) in [6.45, 7) is 13.3. The van der Waals surface area contributed by atoms with Crippen molar-refractivity contribution < 1.29 is 9.59 Å². The van der Waals surface area contributed by atoms with Crippen molar-refractivity contribution in [1.82, 2.24) is 4.90 Å². The van der Waals surface area contributed by atoms with E-state index in [9.17, 15) is 9.59 Å². The second kappa shape index (κ2) is 7.24. The van der Waals surface area contributed by atoms with Gasteiger partial charge in [-0.3, -0.25) is 9.59 Å². The highest BCUT2D eigenvalue weighted by Gasteiger charge is 2.60. The number of carbonyl (C=O) groups excluding carboxylic acids is 2. The van der Waals surface area contributed by atoms with E-state index in [0.29, 0.717) is 35.8 Å². The van der Waals surface area contributed by atoms with Gasteiger partial charge in [-0.1, -0.05) is 26.0 Å². The molecular weight excluding hydrogens is 372 g/mol. The lowest BCUT2D eigenvalue weighted by Gasteiger charge is -2.56. The number of rotatable bonds is 3. The standard InChI is InChI=1S/C26H40N2O2/c1-15(2)28(16(3)4)24(30)21-10-9-18-17-7-8-20-23(27)22(29)12-14-25(20,5)19(17)11-13-26(18,21)6/h7-8,15-19,21H,9-14,27H2,1-6H3/t17?,18?,19?,21-,25-,26+/m1/s1. The molecule has 0 aromatic carbocycles. The molecule has 0 bridgehead atoms. The van der Waals surface area contributed by atoms with Crippen molar-refractivity contribution in [2.45, 2.75) is 92.2 Å². The highest BCUT2D eigenvalue weighted by molar-refractivity contribution is 5.97. The Labute approximate surface area is 182 Å². The van der Waals surface area contributed by atoms with Gasteiger partial charge in [-0.15, -0.1) is 0 Å². The molecule has 30 heavy (non-hydrogen) atoms. The minimum Gasteiger partial charge on any atom is -0.396 e. The Hall–Kier alpha value is -1.58. The van der Waals surface area contributed by atoms with Crippen LogP contribution in [0.25, 0.3) is 0 Å². The molecule has 6 atom stereocenters. The maximum atomic E-state index is 13.7. The lowest BCUT2D eigenvalue weighted by molar-refractivity contribution is -0.145. The molecule has 0 spiro atoms. The Bertz CT molecular complexity index is 802. The number of fused-ring (bicyclic) bond motifs is 5. The molecule has 4 aliphatic rings. The molecule has 0 aromatic heterocycles. The van der Waals surface area contributed by atoms with Crippen LogP contribution in [0.4, 0.5) is 0 Å². The first kappa shape index (κ1) is 21.6. The fourth-order valence-electron chi connectivity index (χ4n) is 7.87. The van der Waals surface area contributed by atoms with Crippen LogP contribution in [0, 0.1) is 34.5 Å². The van der Waals surface area contributed by atoms with E-state index in [-0.39, 0.29) is 34.6 Å². The average molecular weight is 413 g/mol. The van der Waals surface area contributed by atoms with Crippen LogP contribution < -0.4 is 5.73 Å². The van der Waals surface area contributed by atoms with Crippen molar-refractivity contribution in [3.63, 3.8) is 0 Å². The van der Waals surface area contributed by atoms with Crippen LogP contribution in [-0.2, 0) is 9.59 Å². The van der Waals surface area contributed by atoms with Crippen LogP contribution in [-0.4, -0.2) is 28.7 Å². The molecule has 4 heteroatoms. The first-order valence-electron chi connectivity index (χ1n) is 12.1. The summed E-state index contributed by atoms with van der Waals surface area (Å²) in [5, 5.41) is 0. The van der Waals surface area contributed by atoms with Crippen LogP contribution in [0.1, 0.15) is 80.1 Å². The predicted octanol–water partition coefficient (Wildman–Crippen LogP) is 4.84. The van der Waals surface area contributed by atoms with Gasteiger partial charge in [-0.25, -0.2) is 0 Å². The molecule has 1 amide bonds. The fourth-order valence-corrected chi connectivity index (χ4v) is 7.87. The van der Waals surface area contributed by atoms with Crippen LogP contribution in [0.3, 0.4) is 0 Å². The normalized spacial score (nSPS) is 40.5. The SMILES string of the molecule is CC(C)N(C(=O)[C@H]1CCC2C3C=CC4=C(N)C(=O)CC[C@]4(C)C3CC[C@@]21C)C(C)C. The number of hydrogen-bond acceptors (Lipinski definition) is 3. The zero-order valence-electron chi connectivity index (χ0n) is 19.7. The Morgan fingerprint density at radius 3 is 2.37 bits per heavy atom. The number of amides is 1. The van der Waals surface area contributed by atoms with Crippen LogP contribution in [0.15, 0.2) is 23.4 Å². The summed E-state index contributed by atoms with van der Waals surface area (Å²) >= 11 is 0. The number of nitrogens with zero attached hydrogens (tertiary/aromatic N) is 1. The Morgan fingerprint density at radius 2 is 1.73 bits per heavy atom. The van der Waals surface area contributed by atoms with E-state index in [1.165, 1.54) is 0 Å². The van der Waals surface area contributed by atoms with Gasteiger partial charge < -0.3 is 10.6 Å². The number of ketones is 1. The van der Waals surface area contributed by atoms with E-state index < -0.39 is 0 Å². The van der Waals surface area contributed by atoms with E-state index in [1.807, 2.05) is 0 Å². The molecule has 0 aromatic rings. The van der Waals surface area contributed by atoms with Gasteiger partial charge in [0.2, 0.25) is 5.91 Å². The van der Waals surface area contributed by atoms with E-state index in [4.69, 9.17) is 5.73 Å². The second-order valence-corrected chi connectivity index (χ2v) is 11.4. The largest absolute Gasteiger partial charge is 0.396 e. The fraction of sp³-hybridized carbons (Fsp3) is 0.769. The summed E-state index contributed by atoms with van der Waals surface area (Å²) in [6.07, 6.45) is 10.4. The summed E-state index contributed by atoms with van der Waals surface area (Å²) in [5.74, 6) is 2.16. The third kappa shape index (κ3) is 2.92. The first-order chi connectivity index (χ1) is 14.0. The van der Waals surface area contributed by atoms with Crippen molar-refractivity contribution in [1.29, 1.82) is 0 Å². The summed E-state index contributed by atoms with van der Waals surface area (Å²) in [4.78, 5) is 28.0. The van der Waals surface area contributed by atoms with Crippen molar-refractivity contribution in [3.8, 4) is 0 Å². The molecular formula is C26H40N2O2. The number of Topliss-reactive ketones (excluding diaryl/α,β-unsaturated/α-hetero) is 1. The molecule has 2 N–H and O–H groups in total. The topological polar surface area (TPSA) is 63.4 Å². The summed E-state index contributed by atoms with van der Waals surface area (Å²) in [5.41, 5.74) is 7.90. The Balaban J connectivity index is 1.66. The van der Waals surface area contributed by atoms with Crippen molar-refractivity contribution in [3.05, 3.63) is 23.4 Å². The summed E-state index contributed by atoms with van der Waals surface area (Å²) in [6, 6.07) is 0.473. The molecule has 2 saturated carbocycles. The van der Waals surface area contributed by atoms with E-state index in [1.54, 1.807) is 0 Å². The average Bonchev–Trinajstić information content (AvgIpc) is 3.01. The molecule has 4 aliphatic carbocycles. The van der Waals surface area contributed by atoms with Gasteiger partial charge in [0, 0.05) is 24.4 Å². The summed E-state index contributed by atoms with van der Waals surface area (Å²) in [7, 11) is 0. The lowest BCUT2D eigenvalue weighted by atomic mass is 9.48. The van der Waals surface area contributed by atoms with Gasteiger partial charge in [-0.05, 0) is 94.0 Å². The molecule has 0 aliphatic heterocycles.